The van der Waals surface area contributed by atoms with Crippen LogP contribution in [0.3, 0.4) is 0 Å². The highest BCUT2D eigenvalue weighted by Gasteiger charge is 2.23. The average Bonchev–Trinajstić information content (AvgIpc) is 1.94. The van der Waals surface area contributed by atoms with Crippen LogP contribution in [0.15, 0.2) is 0 Å². The molecule has 0 radical (unpaired) electrons. The number of hydrogen-bond acceptors (Lipinski definition) is 4. The topological polar surface area (TPSA) is 52.3 Å². The molecule has 64 valence electrons. The Morgan fingerprint density at radius 3 is 2.73 bits per heavy atom. The highest BCUT2D eigenvalue weighted by atomic mass is 32.1. The highest BCUT2D eigenvalue weighted by molar-refractivity contribution is 7.80. The summed E-state index contributed by atoms with van der Waals surface area (Å²) in [7, 11) is 0. The monoisotopic (exact) mass is 175 g/mol. The molecule has 1 fully saturated rings. The second-order valence-corrected chi connectivity index (χ2v) is 3.14. The van der Waals surface area contributed by atoms with Crippen LogP contribution >= 0.6 is 12.6 Å². The molecule has 1 rings (SSSR count). The van der Waals surface area contributed by atoms with Crippen LogP contribution in [0.5, 0.6) is 0 Å². The molecule has 4 heteroatoms. The first-order valence-electron chi connectivity index (χ1n) is 3.81. The van der Waals surface area contributed by atoms with Crippen molar-refractivity contribution in [2.24, 2.45) is 5.73 Å². The molecule has 0 amide bonds. The Morgan fingerprint density at radius 2 is 2.36 bits per heavy atom. The van der Waals surface area contributed by atoms with E-state index in [0.717, 1.165) is 19.3 Å². The normalized spacial score (nSPS) is 20.5. The van der Waals surface area contributed by atoms with E-state index < -0.39 is 6.04 Å². The van der Waals surface area contributed by atoms with Gasteiger partial charge in [0.05, 0.1) is 0 Å². The number of rotatable bonds is 3. The summed E-state index contributed by atoms with van der Waals surface area (Å²) in [5.41, 5.74) is 5.39. The van der Waals surface area contributed by atoms with Gasteiger partial charge >= 0.3 is 5.97 Å². The molecule has 0 aliphatic heterocycles. The molecule has 1 aliphatic rings. The van der Waals surface area contributed by atoms with Crippen LogP contribution in [-0.4, -0.2) is 23.9 Å². The van der Waals surface area contributed by atoms with Crippen molar-refractivity contribution in [3.8, 4) is 0 Å². The standard InChI is InChI=1S/C7H13NO2S/c8-6(4-11)7(9)10-5-2-1-3-5/h5-6,11H,1-4,8H2/t6-/m1/s1. The van der Waals surface area contributed by atoms with Gasteiger partial charge in [-0.05, 0) is 19.3 Å². The Hall–Kier alpha value is -0.220. The summed E-state index contributed by atoms with van der Waals surface area (Å²) in [5.74, 6) is 0.0376. The smallest absolute Gasteiger partial charge is 0.324 e. The Morgan fingerprint density at radius 1 is 1.73 bits per heavy atom. The summed E-state index contributed by atoms with van der Waals surface area (Å²) in [6.07, 6.45) is 3.28. The van der Waals surface area contributed by atoms with Crippen molar-refractivity contribution in [3.63, 3.8) is 0 Å². The first-order valence-corrected chi connectivity index (χ1v) is 4.44. The van der Waals surface area contributed by atoms with Gasteiger partial charge in [0.2, 0.25) is 0 Å². The number of carbonyl (C=O) groups is 1. The molecule has 0 unspecified atom stereocenters. The average molecular weight is 175 g/mol. The number of ether oxygens (including phenoxy) is 1. The Kier molecular flexibility index (Phi) is 3.20. The third-order valence-electron chi connectivity index (χ3n) is 1.83. The van der Waals surface area contributed by atoms with Crippen LogP contribution in [0.25, 0.3) is 0 Å². The van der Waals surface area contributed by atoms with Gasteiger partial charge in [-0.2, -0.15) is 12.6 Å². The molecule has 0 bridgehead atoms. The van der Waals surface area contributed by atoms with Crippen LogP contribution in [0.1, 0.15) is 19.3 Å². The number of nitrogens with two attached hydrogens (primary N) is 1. The third kappa shape index (κ3) is 2.38. The number of hydrogen-bond donors (Lipinski definition) is 2. The van der Waals surface area contributed by atoms with Crippen molar-refractivity contribution in [1.82, 2.24) is 0 Å². The minimum absolute atomic E-state index is 0.133. The molecule has 1 saturated carbocycles. The second kappa shape index (κ2) is 3.97. The van der Waals surface area contributed by atoms with Crippen LogP contribution in [-0.2, 0) is 9.53 Å². The van der Waals surface area contributed by atoms with E-state index in [9.17, 15) is 4.79 Å². The molecule has 0 aromatic heterocycles. The molecule has 0 spiro atoms. The first kappa shape index (κ1) is 8.87. The van der Waals surface area contributed by atoms with E-state index in [1.54, 1.807) is 0 Å². The molecule has 2 N–H and O–H groups in total. The van der Waals surface area contributed by atoms with E-state index in [1.165, 1.54) is 0 Å². The fourth-order valence-electron chi connectivity index (χ4n) is 0.815. The lowest BCUT2D eigenvalue weighted by Crippen LogP contribution is -2.38. The number of thiol groups is 1. The lowest BCUT2D eigenvalue weighted by molar-refractivity contribution is -0.153. The van der Waals surface area contributed by atoms with E-state index in [4.69, 9.17) is 10.5 Å². The molecule has 0 aromatic carbocycles. The van der Waals surface area contributed by atoms with Gasteiger partial charge in [-0.25, -0.2) is 0 Å². The van der Waals surface area contributed by atoms with Gasteiger partial charge in [-0.1, -0.05) is 0 Å². The van der Waals surface area contributed by atoms with Crippen LogP contribution < -0.4 is 5.73 Å². The molecule has 0 saturated heterocycles. The van der Waals surface area contributed by atoms with E-state index in [0.29, 0.717) is 5.75 Å². The van der Waals surface area contributed by atoms with Crippen molar-refractivity contribution < 1.29 is 9.53 Å². The molecule has 0 aromatic rings. The zero-order valence-electron chi connectivity index (χ0n) is 6.32. The van der Waals surface area contributed by atoms with Gasteiger partial charge in [-0.3, -0.25) is 4.79 Å². The summed E-state index contributed by atoms with van der Waals surface area (Å²) in [4.78, 5) is 11.0. The van der Waals surface area contributed by atoms with Crippen molar-refractivity contribution in [2.75, 3.05) is 5.75 Å². The van der Waals surface area contributed by atoms with Crippen molar-refractivity contribution in [3.05, 3.63) is 0 Å². The SMILES string of the molecule is N[C@H](CS)C(=O)OC1CCC1. The summed E-state index contributed by atoms with van der Waals surface area (Å²) in [6.45, 7) is 0. The predicted molar refractivity (Wildman–Crippen MR) is 45.6 cm³/mol. The van der Waals surface area contributed by atoms with Gasteiger partial charge in [-0.15, -0.1) is 0 Å². The van der Waals surface area contributed by atoms with Crippen LogP contribution in [0.4, 0.5) is 0 Å². The summed E-state index contributed by atoms with van der Waals surface area (Å²) < 4.78 is 5.03. The molecule has 0 heterocycles. The Labute approximate surface area is 71.7 Å². The van der Waals surface area contributed by atoms with Crippen LogP contribution in [0, 0.1) is 0 Å². The van der Waals surface area contributed by atoms with Gasteiger partial charge in [0.25, 0.3) is 0 Å². The van der Waals surface area contributed by atoms with Gasteiger partial charge in [0.1, 0.15) is 12.1 Å². The minimum Gasteiger partial charge on any atom is -0.461 e. The Bertz CT molecular complexity index is 147. The van der Waals surface area contributed by atoms with Gasteiger partial charge in [0.15, 0.2) is 0 Å². The zero-order valence-corrected chi connectivity index (χ0v) is 7.22. The minimum atomic E-state index is -0.557. The lowest BCUT2D eigenvalue weighted by Gasteiger charge is -2.26. The van der Waals surface area contributed by atoms with Crippen LogP contribution in [0.2, 0.25) is 0 Å². The summed E-state index contributed by atoms with van der Waals surface area (Å²) >= 11 is 3.90. The molecule has 1 aliphatic carbocycles. The molecular weight excluding hydrogens is 162 g/mol. The number of carbonyl (C=O) groups excluding carboxylic acids is 1. The maximum atomic E-state index is 11.0. The quantitative estimate of drug-likeness (QED) is 0.480. The van der Waals surface area contributed by atoms with Gasteiger partial charge < -0.3 is 10.5 Å². The molecule has 1 atom stereocenters. The van der Waals surface area contributed by atoms with Crippen molar-refractivity contribution in [2.45, 2.75) is 31.4 Å². The van der Waals surface area contributed by atoms with E-state index >= 15 is 0 Å². The largest absolute Gasteiger partial charge is 0.461 e. The predicted octanol–water partition coefficient (Wildman–Crippen LogP) is 0.339. The van der Waals surface area contributed by atoms with E-state index in [1.807, 2.05) is 0 Å². The van der Waals surface area contributed by atoms with E-state index in [2.05, 4.69) is 12.6 Å². The second-order valence-electron chi connectivity index (χ2n) is 2.78. The van der Waals surface area contributed by atoms with Crippen molar-refractivity contribution >= 4 is 18.6 Å². The zero-order chi connectivity index (χ0) is 8.27. The Balaban J connectivity index is 2.19. The fraction of sp³-hybridized carbons (Fsp3) is 0.857. The fourth-order valence-corrected chi connectivity index (χ4v) is 0.964. The lowest BCUT2D eigenvalue weighted by atomic mass is 9.96. The third-order valence-corrected chi connectivity index (χ3v) is 2.23. The summed E-state index contributed by atoms with van der Waals surface area (Å²) in [5, 5.41) is 0. The highest BCUT2D eigenvalue weighted by Crippen LogP contribution is 2.22. The molecule has 3 nitrogen and oxygen atoms in total. The van der Waals surface area contributed by atoms with Gasteiger partial charge in [0, 0.05) is 5.75 Å². The first-order chi connectivity index (χ1) is 5.24. The number of esters is 1. The summed E-state index contributed by atoms with van der Waals surface area (Å²) in [6, 6.07) is -0.557. The maximum Gasteiger partial charge on any atom is 0.324 e. The molecular formula is C7H13NO2S. The van der Waals surface area contributed by atoms with E-state index in [-0.39, 0.29) is 12.1 Å². The maximum absolute atomic E-state index is 11.0. The molecule has 11 heavy (non-hydrogen) atoms. The van der Waals surface area contributed by atoms with Crippen molar-refractivity contribution in [1.29, 1.82) is 0 Å².